The number of ether oxygens (including phenoxy) is 1. The number of halogens is 2. The molecule has 4 rings (SSSR count). The summed E-state index contributed by atoms with van der Waals surface area (Å²) in [6.07, 6.45) is 6.43. The molecule has 1 aliphatic carbocycles. The van der Waals surface area contributed by atoms with Gasteiger partial charge in [-0.25, -0.2) is 8.42 Å². The molecule has 43 heavy (non-hydrogen) atoms. The number of benzene rings is 3. The first-order valence-corrected chi connectivity index (χ1v) is 17.0. The van der Waals surface area contributed by atoms with Gasteiger partial charge in [0.25, 0.3) is 0 Å². The molecule has 8 nitrogen and oxygen atoms in total. The molecule has 0 radical (unpaired) electrons. The predicted octanol–water partition coefficient (Wildman–Crippen LogP) is 6.81. The van der Waals surface area contributed by atoms with Crippen LogP contribution in [0, 0.1) is 0 Å². The van der Waals surface area contributed by atoms with E-state index in [9.17, 15) is 18.0 Å². The zero-order chi connectivity index (χ0) is 31.0. The van der Waals surface area contributed by atoms with Crippen molar-refractivity contribution in [2.45, 2.75) is 64.1 Å². The third kappa shape index (κ3) is 9.11. The van der Waals surface area contributed by atoms with Crippen LogP contribution in [0.3, 0.4) is 0 Å². The van der Waals surface area contributed by atoms with Crippen molar-refractivity contribution in [1.82, 2.24) is 10.2 Å². The Morgan fingerprint density at radius 2 is 1.58 bits per heavy atom. The first-order chi connectivity index (χ1) is 20.5. The van der Waals surface area contributed by atoms with Crippen molar-refractivity contribution in [2.75, 3.05) is 17.1 Å². The topological polar surface area (TPSA) is 96.0 Å². The average molecular weight is 647 g/mol. The average Bonchev–Trinajstić information content (AvgIpc) is 2.98. The van der Waals surface area contributed by atoms with Crippen molar-refractivity contribution >= 4 is 50.7 Å². The minimum atomic E-state index is -3.87. The van der Waals surface area contributed by atoms with E-state index in [2.05, 4.69) is 5.32 Å². The fourth-order valence-corrected chi connectivity index (χ4v) is 6.39. The molecule has 1 fully saturated rings. The molecule has 0 spiro atoms. The van der Waals surface area contributed by atoms with E-state index in [-0.39, 0.29) is 18.5 Å². The Kier molecular flexibility index (Phi) is 11.3. The van der Waals surface area contributed by atoms with E-state index in [1.54, 1.807) is 42.5 Å². The third-order valence-corrected chi connectivity index (χ3v) is 9.34. The fraction of sp³-hybridized carbons (Fsp3) is 0.375. The molecular formula is C32H37Cl2N3O5S. The minimum Gasteiger partial charge on any atom is -0.457 e. The van der Waals surface area contributed by atoms with Crippen LogP contribution in [-0.2, 0) is 26.2 Å². The van der Waals surface area contributed by atoms with Gasteiger partial charge >= 0.3 is 0 Å². The van der Waals surface area contributed by atoms with Gasteiger partial charge in [-0.3, -0.25) is 13.9 Å². The van der Waals surface area contributed by atoms with Crippen molar-refractivity contribution in [3.05, 3.63) is 88.4 Å². The Morgan fingerprint density at radius 3 is 2.19 bits per heavy atom. The van der Waals surface area contributed by atoms with Gasteiger partial charge in [-0.1, -0.05) is 73.7 Å². The Morgan fingerprint density at radius 1 is 0.930 bits per heavy atom. The van der Waals surface area contributed by atoms with Gasteiger partial charge in [0.2, 0.25) is 21.8 Å². The highest BCUT2D eigenvalue weighted by Gasteiger charge is 2.33. The normalized spacial score (nSPS) is 14.5. The second-order valence-electron chi connectivity index (χ2n) is 10.7. The van der Waals surface area contributed by atoms with Crippen LogP contribution in [0.5, 0.6) is 11.5 Å². The van der Waals surface area contributed by atoms with E-state index < -0.39 is 28.5 Å². The lowest BCUT2D eigenvalue weighted by Gasteiger charge is -2.34. The number of para-hydroxylation sites is 1. The maximum absolute atomic E-state index is 14.0. The summed E-state index contributed by atoms with van der Waals surface area (Å²) in [7, 11) is -3.87. The molecule has 2 amide bonds. The molecular weight excluding hydrogens is 609 g/mol. The van der Waals surface area contributed by atoms with Crippen LogP contribution in [0.25, 0.3) is 0 Å². The molecule has 3 aromatic rings. The van der Waals surface area contributed by atoms with E-state index in [1.807, 2.05) is 37.3 Å². The van der Waals surface area contributed by atoms with Crippen LogP contribution in [-0.4, -0.2) is 50.0 Å². The highest BCUT2D eigenvalue weighted by molar-refractivity contribution is 7.92. The highest BCUT2D eigenvalue weighted by atomic mass is 35.5. The van der Waals surface area contributed by atoms with E-state index in [4.69, 9.17) is 27.9 Å². The number of sulfonamides is 1. The Balaban J connectivity index is 1.59. The lowest BCUT2D eigenvalue weighted by atomic mass is 9.95. The second-order valence-corrected chi connectivity index (χ2v) is 13.4. The SMILES string of the molecule is CCC(C(=O)NC1CCCCC1)N(Cc1ccc(Cl)c(Cl)c1)C(=O)CN(c1ccc(Oc2ccccc2)cc1)S(C)(=O)=O. The van der Waals surface area contributed by atoms with Gasteiger partial charge in [0.1, 0.15) is 24.1 Å². The van der Waals surface area contributed by atoms with Crippen molar-refractivity contribution < 1.29 is 22.7 Å². The number of amides is 2. The molecule has 0 saturated heterocycles. The van der Waals surface area contributed by atoms with Crippen molar-refractivity contribution in [2.24, 2.45) is 0 Å². The number of nitrogens with one attached hydrogen (secondary N) is 1. The van der Waals surface area contributed by atoms with Gasteiger partial charge in [0.05, 0.1) is 22.0 Å². The lowest BCUT2D eigenvalue weighted by molar-refractivity contribution is -0.140. The van der Waals surface area contributed by atoms with Gasteiger partial charge in [-0.2, -0.15) is 0 Å². The number of nitrogens with zero attached hydrogens (tertiary/aromatic N) is 2. The van der Waals surface area contributed by atoms with Crippen LogP contribution in [0.15, 0.2) is 72.8 Å². The van der Waals surface area contributed by atoms with E-state index in [0.29, 0.717) is 39.2 Å². The van der Waals surface area contributed by atoms with Gasteiger partial charge in [0, 0.05) is 12.6 Å². The summed E-state index contributed by atoms with van der Waals surface area (Å²) in [5, 5.41) is 3.82. The number of anilines is 1. The van der Waals surface area contributed by atoms with E-state index in [1.165, 1.54) is 4.90 Å². The number of carbonyl (C=O) groups excluding carboxylic acids is 2. The monoisotopic (exact) mass is 645 g/mol. The first kappa shape index (κ1) is 32.6. The molecule has 1 aliphatic rings. The van der Waals surface area contributed by atoms with Crippen molar-refractivity contribution in [3.8, 4) is 11.5 Å². The molecule has 1 atom stereocenters. The molecule has 1 unspecified atom stereocenters. The maximum atomic E-state index is 14.0. The number of rotatable bonds is 12. The number of carbonyl (C=O) groups is 2. The zero-order valence-corrected chi connectivity index (χ0v) is 26.7. The Hall–Kier alpha value is -3.27. The maximum Gasteiger partial charge on any atom is 0.244 e. The summed E-state index contributed by atoms with van der Waals surface area (Å²) in [6, 6.07) is 19.9. The van der Waals surface area contributed by atoms with Crippen LogP contribution in [0.1, 0.15) is 51.0 Å². The quantitative estimate of drug-likeness (QED) is 0.233. The Labute approximate surface area is 264 Å². The second kappa shape index (κ2) is 14.9. The van der Waals surface area contributed by atoms with E-state index in [0.717, 1.165) is 42.7 Å². The first-order valence-electron chi connectivity index (χ1n) is 14.4. The largest absolute Gasteiger partial charge is 0.457 e. The summed E-state index contributed by atoms with van der Waals surface area (Å²) in [5.74, 6) is 0.379. The minimum absolute atomic E-state index is 0.0494. The highest BCUT2D eigenvalue weighted by Crippen LogP contribution is 2.27. The molecule has 0 aliphatic heterocycles. The standard InChI is InChI=1S/C32H37Cl2N3O5S/c1-3-30(32(39)35-24-10-6-4-7-11-24)36(21-23-14-19-28(33)29(34)20-23)31(38)22-37(43(2,40)41)25-15-17-27(18-16-25)42-26-12-8-5-9-13-26/h5,8-9,12-20,24,30H,3-4,6-7,10-11,21-22H2,1-2H3,(H,35,39). The summed E-state index contributed by atoms with van der Waals surface area (Å²) in [6.45, 7) is 1.39. The van der Waals surface area contributed by atoms with Gasteiger partial charge in [0.15, 0.2) is 0 Å². The summed E-state index contributed by atoms with van der Waals surface area (Å²) >= 11 is 12.4. The van der Waals surface area contributed by atoms with Crippen LogP contribution < -0.4 is 14.4 Å². The van der Waals surface area contributed by atoms with Crippen molar-refractivity contribution in [3.63, 3.8) is 0 Å². The lowest BCUT2D eigenvalue weighted by Crippen LogP contribution is -2.53. The van der Waals surface area contributed by atoms with E-state index >= 15 is 0 Å². The van der Waals surface area contributed by atoms with Crippen LogP contribution in [0.2, 0.25) is 10.0 Å². The molecule has 0 bridgehead atoms. The summed E-state index contributed by atoms with van der Waals surface area (Å²) in [5.41, 5.74) is 0.963. The van der Waals surface area contributed by atoms with Gasteiger partial charge in [-0.05, 0) is 73.4 Å². The number of hydrogen-bond donors (Lipinski definition) is 1. The van der Waals surface area contributed by atoms with Crippen LogP contribution >= 0.6 is 23.2 Å². The van der Waals surface area contributed by atoms with Crippen LogP contribution in [0.4, 0.5) is 5.69 Å². The zero-order valence-electron chi connectivity index (χ0n) is 24.3. The van der Waals surface area contributed by atoms with Gasteiger partial charge in [-0.15, -0.1) is 0 Å². The fourth-order valence-electron chi connectivity index (χ4n) is 5.22. The predicted molar refractivity (Wildman–Crippen MR) is 171 cm³/mol. The van der Waals surface area contributed by atoms with Crippen molar-refractivity contribution in [1.29, 1.82) is 0 Å². The third-order valence-electron chi connectivity index (χ3n) is 7.46. The Bertz CT molecular complexity index is 1500. The smallest absolute Gasteiger partial charge is 0.244 e. The van der Waals surface area contributed by atoms with Gasteiger partial charge < -0.3 is 15.0 Å². The molecule has 230 valence electrons. The number of hydrogen-bond acceptors (Lipinski definition) is 5. The molecule has 1 N–H and O–H groups in total. The molecule has 1 saturated carbocycles. The molecule has 0 heterocycles. The molecule has 11 heteroatoms. The summed E-state index contributed by atoms with van der Waals surface area (Å²) < 4.78 is 32.8. The molecule has 3 aromatic carbocycles. The molecule has 0 aromatic heterocycles. The summed E-state index contributed by atoms with van der Waals surface area (Å²) in [4.78, 5) is 29.0.